The molecule has 0 saturated carbocycles. The molecule has 3 rings (SSSR count). The van der Waals surface area contributed by atoms with Gasteiger partial charge in [-0.1, -0.05) is 0 Å². The molecule has 104 valence electrons. The van der Waals surface area contributed by atoms with E-state index in [0.717, 1.165) is 25.1 Å². The zero-order valence-electron chi connectivity index (χ0n) is 11.3. The number of carbonyl (C=O) groups is 1. The quantitative estimate of drug-likeness (QED) is 0.833. The predicted octanol–water partition coefficient (Wildman–Crippen LogP) is 1.79. The third-order valence-electron chi connectivity index (χ3n) is 3.67. The average Bonchev–Trinajstić information content (AvgIpc) is 2.94. The number of likely N-dealkylation sites (tertiary alicyclic amines) is 1. The van der Waals surface area contributed by atoms with Gasteiger partial charge in [0.05, 0.1) is 5.69 Å². The summed E-state index contributed by atoms with van der Waals surface area (Å²) in [5.74, 6) is 0.519. The molecule has 0 radical (unpaired) electrons. The van der Waals surface area contributed by atoms with Crippen LogP contribution in [-0.2, 0) is 0 Å². The first-order chi connectivity index (χ1) is 9.75. The molecule has 20 heavy (non-hydrogen) atoms. The minimum atomic E-state index is -0.0845. The van der Waals surface area contributed by atoms with Crippen molar-refractivity contribution in [2.45, 2.75) is 25.7 Å². The first-order valence-electron chi connectivity index (χ1n) is 6.71. The van der Waals surface area contributed by atoms with E-state index in [9.17, 15) is 4.79 Å². The molecule has 1 fully saturated rings. The molecule has 1 aliphatic heterocycles. The lowest BCUT2D eigenvalue weighted by Crippen LogP contribution is -2.39. The number of nitrogens with zero attached hydrogens (tertiary/aromatic N) is 4. The molecule has 1 aliphatic rings. The molecule has 0 aliphatic carbocycles. The van der Waals surface area contributed by atoms with Gasteiger partial charge in [-0.3, -0.25) is 4.79 Å². The number of hydrogen-bond donors (Lipinski definition) is 0. The molecule has 1 amide bonds. The van der Waals surface area contributed by atoms with Crippen LogP contribution in [0.2, 0.25) is 0 Å². The molecular weight excluding hydrogens is 256 g/mol. The number of aryl methyl sites for hydroxylation is 1. The van der Waals surface area contributed by atoms with E-state index in [-0.39, 0.29) is 11.8 Å². The van der Waals surface area contributed by atoms with Crippen molar-refractivity contribution in [2.24, 2.45) is 0 Å². The van der Waals surface area contributed by atoms with Crippen LogP contribution < -0.4 is 0 Å². The molecule has 1 atom stereocenters. The van der Waals surface area contributed by atoms with Crippen molar-refractivity contribution in [2.75, 3.05) is 13.1 Å². The number of rotatable bonds is 2. The minimum Gasteiger partial charge on any atom is -0.438 e. The summed E-state index contributed by atoms with van der Waals surface area (Å²) >= 11 is 0. The second-order valence-electron chi connectivity index (χ2n) is 4.99. The van der Waals surface area contributed by atoms with Gasteiger partial charge in [-0.15, -0.1) is 0 Å². The van der Waals surface area contributed by atoms with Crippen LogP contribution in [0, 0.1) is 6.92 Å². The fraction of sp³-hybridized carbons (Fsp3) is 0.429. The van der Waals surface area contributed by atoms with E-state index in [1.165, 1.54) is 6.39 Å². The zero-order chi connectivity index (χ0) is 13.9. The Morgan fingerprint density at radius 1 is 1.45 bits per heavy atom. The normalized spacial score (nSPS) is 19.1. The van der Waals surface area contributed by atoms with E-state index in [0.29, 0.717) is 18.0 Å². The van der Waals surface area contributed by atoms with Crippen LogP contribution in [0.3, 0.4) is 0 Å². The van der Waals surface area contributed by atoms with E-state index < -0.39 is 0 Å². The zero-order valence-corrected chi connectivity index (χ0v) is 11.3. The van der Waals surface area contributed by atoms with Gasteiger partial charge in [-0.05, 0) is 25.8 Å². The Balaban J connectivity index is 1.76. The molecule has 6 heteroatoms. The summed E-state index contributed by atoms with van der Waals surface area (Å²) in [6.07, 6.45) is 6.61. The highest BCUT2D eigenvalue weighted by Crippen LogP contribution is 2.26. The Labute approximate surface area is 116 Å². The number of hydrogen-bond acceptors (Lipinski definition) is 5. The molecule has 0 spiro atoms. The highest BCUT2D eigenvalue weighted by atomic mass is 16.3. The van der Waals surface area contributed by atoms with Gasteiger partial charge < -0.3 is 9.32 Å². The van der Waals surface area contributed by atoms with Crippen LogP contribution in [0.1, 0.15) is 40.7 Å². The fourth-order valence-electron chi connectivity index (χ4n) is 2.60. The van der Waals surface area contributed by atoms with Crippen molar-refractivity contribution in [1.29, 1.82) is 0 Å². The van der Waals surface area contributed by atoms with Gasteiger partial charge in [-0.2, -0.15) is 0 Å². The lowest BCUT2D eigenvalue weighted by Gasteiger charge is -2.31. The highest BCUT2D eigenvalue weighted by Gasteiger charge is 2.28. The maximum atomic E-state index is 12.4. The largest absolute Gasteiger partial charge is 0.438 e. The smallest absolute Gasteiger partial charge is 0.291 e. The molecule has 0 unspecified atom stereocenters. The number of oxazole rings is 1. The summed E-state index contributed by atoms with van der Waals surface area (Å²) in [6, 6.07) is 1.92. The predicted molar refractivity (Wildman–Crippen MR) is 71.2 cm³/mol. The van der Waals surface area contributed by atoms with Gasteiger partial charge in [0.15, 0.2) is 6.39 Å². The number of carbonyl (C=O) groups excluding carboxylic acids is 1. The maximum absolute atomic E-state index is 12.4. The number of piperidine rings is 1. The second-order valence-corrected chi connectivity index (χ2v) is 4.99. The summed E-state index contributed by atoms with van der Waals surface area (Å²) in [5.41, 5.74) is 1.63. The molecule has 0 N–H and O–H groups in total. The third-order valence-corrected chi connectivity index (χ3v) is 3.67. The van der Waals surface area contributed by atoms with Crippen LogP contribution in [0.25, 0.3) is 0 Å². The molecule has 1 saturated heterocycles. The van der Waals surface area contributed by atoms with Gasteiger partial charge >= 0.3 is 0 Å². The van der Waals surface area contributed by atoms with Crippen molar-refractivity contribution in [3.8, 4) is 0 Å². The number of aromatic nitrogens is 3. The average molecular weight is 272 g/mol. The van der Waals surface area contributed by atoms with E-state index in [1.807, 2.05) is 11.0 Å². The molecule has 0 bridgehead atoms. The van der Waals surface area contributed by atoms with Crippen LogP contribution >= 0.6 is 0 Å². The summed E-state index contributed by atoms with van der Waals surface area (Å²) in [4.78, 5) is 26.4. The second kappa shape index (κ2) is 5.40. The molecule has 0 aromatic carbocycles. The first-order valence-corrected chi connectivity index (χ1v) is 6.71. The maximum Gasteiger partial charge on any atom is 0.291 e. The van der Waals surface area contributed by atoms with Gasteiger partial charge in [0, 0.05) is 30.9 Å². The van der Waals surface area contributed by atoms with Crippen LogP contribution in [0.5, 0.6) is 0 Å². The standard InChI is InChI=1S/C14H16N4O2/c1-10-13(20-9-17-10)14(19)18-6-2-3-11(7-18)12-4-5-15-8-16-12/h4-5,8-9,11H,2-3,6-7H2,1H3/t11-/m1/s1. The first kappa shape index (κ1) is 12.8. The van der Waals surface area contributed by atoms with Crippen LogP contribution in [0.15, 0.2) is 29.4 Å². The Morgan fingerprint density at radius 2 is 2.35 bits per heavy atom. The summed E-state index contributed by atoms with van der Waals surface area (Å²) in [5, 5.41) is 0. The van der Waals surface area contributed by atoms with Gasteiger partial charge in [0.1, 0.15) is 6.33 Å². The lowest BCUT2D eigenvalue weighted by molar-refractivity contribution is 0.0672. The van der Waals surface area contributed by atoms with E-state index in [1.54, 1.807) is 19.4 Å². The van der Waals surface area contributed by atoms with Crippen molar-refractivity contribution >= 4 is 5.91 Å². The fourth-order valence-corrected chi connectivity index (χ4v) is 2.60. The number of amides is 1. The van der Waals surface area contributed by atoms with Gasteiger partial charge in [0.25, 0.3) is 5.91 Å². The van der Waals surface area contributed by atoms with Gasteiger partial charge in [-0.25, -0.2) is 15.0 Å². The molecule has 6 nitrogen and oxygen atoms in total. The van der Waals surface area contributed by atoms with Crippen molar-refractivity contribution < 1.29 is 9.21 Å². The van der Waals surface area contributed by atoms with Crippen LogP contribution in [0.4, 0.5) is 0 Å². The minimum absolute atomic E-state index is 0.0845. The summed E-state index contributed by atoms with van der Waals surface area (Å²) in [6.45, 7) is 3.19. The lowest BCUT2D eigenvalue weighted by atomic mass is 9.94. The van der Waals surface area contributed by atoms with Crippen molar-refractivity contribution in [3.05, 3.63) is 42.1 Å². The summed E-state index contributed by atoms with van der Waals surface area (Å²) < 4.78 is 5.19. The molecular formula is C14H16N4O2. The molecule has 2 aromatic rings. The summed E-state index contributed by atoms with van der Waals surface area (Å²) in [7, 11) is 0. The van der Waals surface area contributed by atoms with Gasteiger partial charge in [0.2, 0.25) is 5.76 Å². The van der Waals surface area contributed by atoms with Crippen LogP contribution in [-0.4, -0.2) is 38.8 Å². The van der Waals surface area contributed by atoms with E-state index >= 15 is 0 Å². The Kier molecular flexibility index (Phi) is 3.45. The Morgan fingerprint density at radius 3 is 3.05 bits per heavy atom. The third kappa shape index (κ3) is 2.41. The van der Waals surface area contributed by atoms with E-state index in [4.69, 9.17) is 4.42 Å². The van der Waals surface area contributed by atoms with E-state index in [2.05, 4.69) is 15.0 Å². The van der Waals surface area contributed by atoms with Crippen molar-refractivity contribution in [3.63, 3.8) is 0 Å². The Hall–Kier alpha value is -2.24. The monoisotopic (exact) mass is 272 g/mol. The van der Waals surface area contributed by atoms with Crippen molar-refractivity contribution in [1.82, 2.24) is 19.9 Å². The molecule has 2 aromatic heterocycles. The topological polar surface area (TPSA) is 72.1 Å². The SMILES string of the molecule is Cc1ncoc1C(=O)N1CCC[C@@H](c2ccncn2)C1. The molecule has 3 heterocycles. The Bertz CT molecular complexity index is 596. The highest BCUT2D eigenvalue weighted by molar-refractivity contribution is 5.92.